The molecule has 0 amide bonds. The van der Waals surface area contributed by atoms with Gasteiger partial charge in [-0.15, -0.1) is 24.0 Å². The van der Waals surface area contributed by atoms with Crippen LogP contribution in [0.5, 0.6) is 5.88 Å². The summed E-state index contributed by atoms with van der Waals surface area (Å²) < 4.78 is 4.94. The number of alkyl halides is 1. The summed E-state index contributed by atoms with van der Waals surface area (Å²) in [7, 11) is 1.58. The Balaban J connectivity index is 0.000001000. The third-order valence-corrected chi connectivity index (χ3v) is 1.48. The van der Waals surface area contributed by atoms with E-state index in [9.17, 15) is 0 Å². The highest BCUT2D eigenvalue weighted by Crippen LogP contribution is 2.14. The number of aromatic nitrogens is 1. The summed E-state index contributed by atoms with van der Waals surface area (Å²) in [6.07, 6.45) is 1.68. The van der Waals surface area contributed by atoms with Gasteiger partial charge in [-0.3, -0.25) is 0 Å². The van der Waals surface area contributed by atoms with Crippen LogP contribution in [0.3, 0.4) is 0 Å². The van der Waals surface area contributed by atoms with Crippen molar-refractivity contribution in [3.63, 3.8) is 0 Å². The molecule has 0 saturated heterocycles. The highest BCUT2D eigenvalue weighted by atomic mass is 35.5. The molecular weight excluding hydrogens is 185 g/mol. The number of methoxy groups -OCH3 is 1. The molecule has 1 aromatic rings. The van der Waals surface area contributed by atoms with Gasteiger partial charge in [-0.1, -0.05) is 6.07 Å². The molecule has 11 heavy (non-hydrogen) atoms. The fraction of sp³-hybridized carbons (Fsp3) is 0.286. The molecule has 0 aliphatic heterocycles. The standard InChI is InChI=1S/C7H8ClNO.ClH/c1-10-7-6(5-8)3-2-4-9-7;/h2-4H,5H2,1H3;1H. The quantitative estimate of drug-likeness (QED) is 0.673. The number of ether oxygens (including phenoxy) is 1. The summed E-state index contributed by atoms with van der Waals surface area (Å²) >= 11 is 5.59. The number of rotatable bonds is 2. The van der Waals surface area contributed by atoms with Crippen molar-refractivity contribution >= 4 is 24.0 Å². The van der Waals surface area contributed by atoms with E-state index in [1.807, 2.05) is 12.1 Å². The largest absolute Gasteiger partial charge is 0.481 e. The Bertz CT molecular complexity index is 194. The lowest BCUT2D eigenvalue weighted by Crippen LogP contribution is -1.91. The Morgan fingerprint density at radius 2 is 2.36 bits per heavy atom. The normalized spacial score (nSPS) is 8.55. The van der Waals surface area contributed by atoms with Crippen LogP contribution in [0.25, 0.3) is 0 Å². The van der Waals surface area contributed by atoms with Crippen molar-refractivity contribution in [2.24, 2.45) is 0 Å². The molecule has 4 heteroatoms. The fourth-order valence-corrected chi connectivity index (χ4v) is 0.913. The minimum Gasteiger partial charge on any atom is -0.481 e. The van der Waals surface area contributed by atoms with Crippen molar-refractivity contribution < 1.29 is 4.74 Å². The van der Waals surface area contributed by atoms with Crippen LogP contribution in [-0.2, 0) is 5.88 Å². The molecular formula is C7H9Cl2NO. The topological polar surface area (TPSA) is 22.1 Å². The van der Waals surface area contributed by atoms with E-state index in [4.69, 9.17) is 16.3 Å². The lowest BCUT2D eigenvalue weighted by atomic mass is 10.3. The van der Waals surface area contributed by atoms with Crippen molar-refractivity contribution in [2.75, 3.05) is 7.11 Å². The molecule has 0 aromatic carbocycles. The zero-order valence-corrected chi connectivity index (χ0v) is 7.65. The summed E-state index contributed by atoms with van der Waals surface area (Å²) in [4.78, 5) is 3.96. The van der Waals surface area contributed by atoms with Gasteiger partial charge < -0.3 is 4.74 Å². The van der Waals surface area contributed by atoms with Crippen LogP contribution in [-0.4, -0.2) is 12.1 Å². The zero-order valence-electron chi connectivity index (χ0n) is 6.08. The molecule has 0 N–H and O–H groups in total. The first-order valence-corrected chi connectivity index (χ1v) is 3.45. The average Bonchev–Trinajstić information content (AvgIpc) is 2.04. The lowest BCUT2D eigenvalue weighted by molar-refractivity contribution is 0.394. The molecule has 0 atom stereocenters. The first-order chi connectivity index (χ1) is 4.88. The summed E-state index contributed by atoms with van der Waals surface area (Å²) in [6, 6.07) is 3.72. The Kier molecular flexibility index (Phi) is 4.99. The van der Waals surface area contributed by atoms with Gasteiger partial charge in [0.25, 0.3) is 0 Å². The number of pyridine rings is 1. The number of hydrogen-bond acceptors (Lipinski definition) is 2. The number of halogens is 2. The van der Waals surface area contributed by atoms with Gasteiger partial charge in [0.1, 0.15) is 0 Å². The molecule has 1 rings (SSSR count). The van der Waals surface area contributed by atoms with Gasteiger partial charge in [0.2, 0.25) is 5.88 Å². The molecule has 0 spiro atoms. The van der Waals surface area contributed by atoms with Gasteiger partial charge in [-0.05, 0) is 6.07 Å². The lowest BCUT2D eigenvalue weighted by Gasteiger charge is -2.01. The molecule has 2 nitrogen and oxygen atoms in total. The maximum Gasteiger partial charge on any atom is 0.217 e. The van der Waals surface area contributed by atoms with E-state index >= 15 is 0 Å². The molecule has 62 valence electrons. The van der Waals surface area contributed by atoms with Gasteiger partial charge in [0.15, 0.2) is 0 Å². The van der Waals surface area contributed by atoms with Crippen LogP contribution in [0, 0.1) is 0 Å². The molecule has 0 saturated carbocycles. The average molecular weight is 194 g/mol. The molecule has 0 aliphatic carbocycles. The van der Waals surface area contributed by atoms with Crippen molar-refractivity contribution in [3.05, 3.63) is 23.9 Å². The fourth-order valence-electron chi connectivity index (χ4n) is 0.710. The van der Waals surface area contributed by atoms with Crippen molar-refractivity contribution in [1.29, 1.82) is 0 Å². The first kappa shape index (κ1) is 10.5. The molecule has 0 aliphatic rings. The van der Waals surface area contributed by atoms with E-state index in [2.05, 4.69) is 4.98 Å². The summed E-state index contributed by atoms with van der Waals surface area (Å²) in [5.74, 6) is 1.05. The third kappa shape index (κ3) is 2.56. The minimum absolute atomic E-state index is 0. The van der Waals surface area contributed by atoms with Gasteiger partial charge in [0.05, 0.1) is 13.0 Å². The van der Waals surface area contributed by atoms with Crippen LogP contribution in [0.2, 0.25) is 0 Å². The van der Waals surface area contributed by atoms with Gasteiger partial charge in [0, 0.05) is 11.8 Å². The monoisotopic (exact) mass is 193 g/mol. The molecule has 0 radical (unpaired) electrons. The maximum atomic E-state index is 5.59. The Morgan fingerprint density at radius 3 is 2.82 bits per heavy atom. The smallest absolute Gasteiger partial charge is 0.217 e. The minimum atomic E-state index is 0. The highest BCUT2D eigenvalue weighted by Gasteiger charge is 1.98. The number of nitrogens with zero attached hydrogens (tertiary/aromatic N) is 1. The summed E-state index contributed by atoms with van der Waals surface area (Å²) in [5, 5.41) is 0. The van der Waals surface area contributed by atoms with Crippen molar-refractivity contribution in [2.45, 2.75) is 5.88 Å². The van der Waals surface area contributed by atoms with E-state index < -0.39 is 0 Å². The molecule has 1 heterocycles. The summed E-state index contributed by atoms with van der Waals surface area (Å²) in [6.45, 7) is 0. The second-order valence-electron chi connectivity index (χ2n) is 1.81. The van der Waals surface area contributed by atoms with E-state index in [0.29, 0.717) is 11.8 Å². The second-order valence-corrected chi connectivity index (χ2v) is 2.07. The molecule has 0 unspecified atom stereocenters. The predicted molar refractivity (Wildman–Crippen MR) is 47.6 cm³/mol. The van der Waals surface area contributed by atoms with Crippen molar-refractivity contribution in [3.8, 4) is 5.88 Å². The predicted octanol–water partition coefficient (Wildman–Crippen LogP) is 2.25. The summed E-state index contributed by atoms with van der Waals surface area (Å²) in [5.41, 5.74) is 0.923. The Morgan fingerprint density at radius 1 is 1.64 bits per heavy atom. The zero-order chi connectivity index (χ0) is 7.40. The van der Waals surface area contributed by atoms with Gasteiger partial charge in [-0.2, -0.15) is 0 Å². The van der Waals surface area contributed by atoms with Gasteiger partial charge in [-0.25, -0.2) is 4.98 Å². The maximum absolute atomic E-state index is 5.59. The van der Waals surface area contributed by atoms with Crippen LogP contribution in [0.4, 0.5) is 0 Å². The first-order valence-electron chi connectivity index (χ1n) is 2.92. The van der Waals surface area contributed by atoms with Crippen LogP contribution in [0.1, 0.15) is 5.56 Å². The third-order valence-electron chi connectivity index (χ3n) is 1.19. The highest BCUT2D eigenvalue weighted by molar-refractivity contribution is 6.17. The van der Waals surface area contributed by atoms with E-state index in [1.165, 1.54) is 0 Å². The van der Waals surface area contributed by atoms with E-state index in [1.54, 1.807) is 13.3 Å². The molecule has 0 fully saturated rings. The van der Waals surface area contributed by atoms with Crippen LogP contribution < -0.4 is 4.74 Å². The van der Waals surface area contributed by atoms with Crippen molar-refractivity contribution in [1.82, 2.24) is 4.98 Å². The second kappa shape index (κ2) is 5.22. The van der Waals surface area contributed by atoms with Gasteiger partial charge >= 0.3 is 0 Å². The van der Waals surface area contributed by atoms with Crippen LogP contribution in [0.15, 0.2) is 18.3 Å². The molecule has 1 aromatic heterocycles. The van der Waals surface area contributed by atoms with E-state index in [-0.39, 0.29) is 12.4 Å². The Labute approximate surface area is 77.0 Å². The van der Waals surface area contributed by atoms with Crippen LogP contribution >= 0.6 is 24.0 Å². The molecule has 0 bridgehead atoms. The van der Waals surface area contributed by atoms with E-state index in [0.717, 1.165) is 5.56 Å². The Hall–Kier alpha value is -0.470. The SMILES string of the molecule is COc1ncccc1CCl.Cl. The number of hydrogen-bond donors (Lipinski definition) is 0.